The number of hydrogen-bond donors (Lipinski definition) is 0. The second-order valence-corrected chi connectivity index (χ2v) is 12.8. The van der Waals surface area contributed by atoms with Gasteiger partial charge in [-0.25, -0.2) is 6.32 Å². The zero-order chi connectivity index (χ0) is 19.6. The van der Waals surface area contributed by atoms with Crippen molar-refractivity contribution in [1.82, 2.24) is 0 Å². The van der Waals surface area contributed by atoms with Crippen LogP contribution in [0.15, 0.2) is 0 Å². The Bertz CT molecular complexity index is 499. The smallest absolute Gasteiger partial charge is 0.208 e. The Morgan fingerprint density at radius 1 is 0.714 bits per heavy atom. The molecule has 0 nitrogen and oxygen atoms in total. The van der Waals surface area contributed by atoms with Gasteiger partial charge in [-0.2, -0.15) is 11.6 Å². The van der Waals surface area contributed by atoms with Gasteiger partial charge in [0.05, 0.1) is 0 Å². The van der Waals surface area contributed by atoms with E-state index in [1.807, 2.05) is 0 Å². The van der Waals surface area contributed by atoms with Crippen molar-refractivity contribution in [1.29, 1.82) is 0 Å². The van der Waals surface area contributed by atoms with Gasteiger partial charge in [-0.05, 0) is 47.3 Å². The zero-order valence-corrected chi connectivity index (χ0v) is 20.6. The Morgan fingerprint density at radius 2 is 1.18 bits per heavy atom. The molecule has 0 aliphatic heterocycles. The van der Waals surface area contributed by atoms with Gasteiger partial charge in [0.15, 0.2) is 0 Å². The van der Waals surface area contributed by atoms with Crippen LogP contribution in [-0.2, 0) is 0 Å². The molecule has 0 aromatic rings. The fraction of sp³-hybridized carbons (Fsp3) is 1.00. The molecule has 0 amide bonds. The Morgan fingerprint density at radius 3 is 1.54 bits per heavy atom. The van der Waals surface area contributed by atoms with Crippen LogP contribution in [0, 0.1) is 46.3 Å². The van der Waals surface area contributed by atoms with E-state index >= 15 is 0 Å². The molecule has 6 aliphatic rings. The summed E-state index contributed by atoms with van der Waals surface area (Å²) in [6, 6.07) is 0. The molecule has 28 heavy (non-hydrogen) atoms. The van der Waals surface area contributed by atoms with Crippen LogP contribution in [0.2, 0.25) is 18.0 Å². The summed E-state index contributed by atoms with van der Waals surface area (Å²) in [4.78, 5) is 0. The minimum Gasteiger partial charge on any atom is -0.208 e. The summed E-state index contributed by atoms with van der Waals surface area (Å²) in [5.74, 6) is 8.12. The Kier molecular flexibility index (Phi) is 6.92. The number of fused-ring (bicyclic) bond motifs is 4. The Hall–Kier alpha value is 0.662. The van der Waals surface area contributed by atoms with Crippen LogP contribution < -0.4 is 18.9 Å². The fourth-order valence-electron chi connectivity index (χ4n) is 9.06. The number of hydrogen-bond acceptors (Lipinski definition) is 0. The van der Waals surface area contributed by atoms with Gasteiger partial charge in [-0.3, -0.25) is 0 Å². The summed E-state index contributed by atoms with van der Waals surface area (Å²) in [5.41, 5.74) is 1.29. The quantitative estimate of drug-likeness (QED) is 0.422. The SMILES string of the molecule is CCCCCC[B-]([C@H]1C[C@H]2C[C@@H]([C@@H]1C)C2(C)C)[C@H]1C[C@H]2C[C@@H]([C@@H]1C)C2(C)C.[Li+]. The topological polar surface area (TPSA) is 0 Å². The molecule has 155 valence electrons. The van der Waals surface area contributed by atoms with E-state index in [9.17, 15) is 0 Å². The van der Waals surface area contributed by atoms with Gasteiger partial charge >= 0.3 is 18.9 Å². The van der Waals surface area contributed by atoms with E-state index in [4.69, 9.17) is 0 Å². The van der Waals surface area contributed by atoms with Crippen molar-refractivity contribution in [2.45, 2.75) is 118 Å². The molecule has 1 radical (unpaired) electrons. The van der Waals surface area contributed by atoms with Crippen LogP contribution in [0.4, 0.5) is 0 Å². The first-order valence-corrected chi connectivity index (χ1v) is 12.7. The van der Waals surface area contributed by atoms with Crippen LogP contribution >= 0.6 is 0 Å². The summed E-state index contributed by atoms with van der Waals surface area (Å²) in [5, 5.41) is 0. The van der Waals surface area contributed by atoms with E-state index in [1.165, 1.54) is 25.7 Å². The standard InChI is InChI=1S/C26H47B.Li/c1-8-9-10-11-12-27(23-15-19-13-21(17(23)2)25(19,4)5)24-16-20-14-22(18(24)3)26(20,6)7;/h17-24H,8-16H2,1-7H3;/q-1;+1/t17-,18-,19+,20+,21-,22-,23-,24-;/m0./s1. The summed E-state index contributed by atoms with van der Waals surface area (Å²) in [6.07, 6.45) is 13.6. The Labute approximate surface area is 189 Å². The molecule has 0 heterocycles. The third-order valence-corrected chi connectivity index (χ3v) is 11.3. The van der Waals surface area contributed by atoms with Crippen LogP contribution in [0.1, 0.15) is 99.8 Å². The van der Waals surface area contributed by atoms with Crippen LogP contribution in [-0.4, -0.2) is 6.71 Å². The molecule has 2 heteroatoms. The summed E-state index contributed by atoms with van der Waals surface area (Å²) in [7, 11) is 0. The molecular weight excluding hydrogens is 330 g/mol. The van der Waals surface area contributed by atoms with E-state index in [2.05, 4.69) is 48.5 Å². The van der Waals surface area contributed by atoms with Gasteiger partial charge in [-0.1, -0.05) is 98.8 Å². The molecule has 4 bridgehead atoms. The molecule has 6 aliphatic carbocycles. The van der Waals surface area contributed by atoms with Crippen molar-refractivity contribution >= 4 is 6.71 Å². The Balaban J connectivity index is 0.00000225. The molecule has 8 atom stereocenters. The molecule has 0 unspecified atom stereocenters. The largest absolute Gasteiger partial charge is 1.00 e. The molecule has 6 fully saturated rings. The van der Waals surface area contributed by atoms with Crippen molar-refractivity contribution in [3.63, 3.8) is 0 Å². The average molecular weight is 377 g/mol. The normalized spacial score (nSPS) is 45.0. The third-order valence-electron chi connectivity index (χ3n) is 11.3. The van der Waals surface area contributed by atoms with Gasteiger partial charge in [0, 0.05) is 0 Å². The van der Waals surface area contributed by atoms with Gasteiger partial charge in [0.25, 0.3) is 0 Å². The minimum atomic E-state index is 0. The predicted molar refractivity (Wildman–Crippen MR) is 121 cm³/mol. The fourth-order valence-corrected chi connectivity index (χ4v) is 9.06. The predicted octanol–water partition coefficient (Wildman–Crippen LogP) is 5.21. The summed E-state index contributed by atoms with van der Waals surface area (Å²) in [6.45, 7) is 19.0. The van der Waals surface area contributed by atoms with Crippen molar-refractivity contribution in [2.75, 3.05) is 0 Å². The number of unbranched alkanes of at least 4 members (excludes halogenated alkanes) is 3. The monoisotopic (exact) mass is 377 g/mol. The van der Waals surface area contributed by atoms with Gasteiger partial charge < -0.3 is 0 Å². The number of rotatable bonds is 7. The van der Waals surface area contributed by atoms with E-state index in [-0.39, 0.29) is 18.9 Å². The van der Waals surface area contributed by atoms with Crippen LogP contribution in [0.3, 0.4) is 0 Å². The molecule has 6 rings (SSSR count). The average Bonchev–Trinajstić information content (AvgIpc) is 2.62. The molecule has 0 aromatic carbocycles. The van der Waals surface area contributed by atoms with E-state index < -0.39 is 0 Å². The van der Waals surface area contributed by atoms with E-state index in [0.717, 1.165) is 53.9 Å². The molecule has 0 aromatic heterocycles. The first kappa shape index (κ1) is 23.3. The van der Waals surface area contributed by atoms with E-state index in [0.29, 0.717) is 10.8 Å². The first-order valence-electron chi connectivity index (χ1n) is 12.7. The van der Waals surface area contributed by atoms with Crippen molar-refractivity contribution in [2.24, 2.45) is 46.3 Å². The summed E-state index contributed by atoms with van der Waals surface area (Å²) >= 11 is 0. The molecule has 6 saturated carbocycles. The minimum absolute atomic E-state index is 0. The third kappa shape index (κ3) is 3.52. The van der Waals surface area contributed by atoms with Crippen molar-refractivity contribution in [3.05, 3.63) is 0 Å². The molecule has 0 saturated heterocycles. The maximum Gasteiger partial charge on any atom is 1.00 e. The van der Waals surface area contributed by atoms with Crippen LogP contribution in [0.5, 0.6) is 0 Å². The van der Waals surface area contributed by atoms with Gasteiger partial charge in [0.2, 0.25) is 0 Å². The van der Waals surface area contributed by atoms with Gasteiger partial charge in [0.1, 0.15) is 0 Å². The maximum absolute atomic E-state index is 2.66. The first-order chi connectivity index (χ1) is 12.7. The second kappa shape index (κ2) is 8.30. The van der Waals surface area contributed by atoms with Crippen molar-refractivity contribution < 1.29 is 18.9 Å². The molecule has 0 N–H and O–H groups in total. The van der Waals surface area contributed by atoms with Gasteiger partial charge in [-0.15, -0.1) is 6.71 Å². The summed E-state index contributed by atoms with van der Waals surface area (Å²) < 4.78 is 0. The second-order valence-electron chi connectivity index (χ2n) is 12.8. The van der Waals surface area contributed by atoms with E-state index in [1.54, 1.807) is 32.0 Å². The van der Waals surface area contributed by atoms with Crippen LogP contribution in [0.25, 0.3) is 0 Å². The van der Waals surface area contributed by atoms with Crippen molar-refractivity contribution in [3.8, 4) is 0 Å². The molecule has 0 spiro atoms. The zero-order valence-electron chi connectivity index (χ0n) is 20.6. The molecular formula is C26H47BLi. The maximum atomic E-state index is 2.66.